The molecule has 2 heterocycles. The van der Waals surface area contributed by atoms with E-state index in [1.165, 1.54) is 0 Å². The molecule has 3 aromatic rings. The zero-order chi connectivity index (χ0) is 19.6. The number of nitrogens with one attached hydrogen (secondary N) is 4. The zero-order valence-electron chi connectivity index (χ0n) is 15.3. The number of carbonyl (C=O) groups is 1. The van der Waals surface area contributed by atoms with Gasteiger partial charge >= 0.3 is 6.03 Å². The van der Waals surface area contributed by atoms with Crippen molar-refractivity contribution in [3.63, 3.8) is 0 Å². The average Bonchev–Trinajstić information content (AvgIpc) is 2.73. The number of aromatic nitrogens is 3. The van der Waals surface area contributed by atoms with Gasteiger partial charge in [0.05, 0.1) is 12.8 Å². The molecule has 28 heavy (non-hydrogen) atoms. The fourth-order valence-electron chi connectivity index (χ4n) is 2.34. The average molecular weight is 379 g/mol. The highest BCUT2D eigenvalue weighted by Gasteiger charge is 2.06. The van der Waals surface area contributed by atoms with Crippen LogP contribution in [0.15, 0.2) is 60.8 Å². The number of pyridine rings is 1. The zero-order valence-corrected chi connectivity index (χ0v) is 15.3. The van der Waals surface area contributed by atoms with E-state index in [0.717, 1.165) is 0 Å². The van der Waals surface area contributed by atoms with Crippen molar-refractivity contribution >= 4 is 29.2 Å². The van der Waals surface area contributed by atoms with Crippen LogP contribution in [0.4, 0.5) is 27.9 Å². The van der Waals surface area contributed by atoms with E-state index in [0.29, 0.717) is 42.0 Å². The molecule has 0 aliphatic rings. The summed E-state index contributed by atoms with van der Waals surface area (Å²) in [5.41, 5.74) is 0.609. The fraction of sp³-hybridized carbons (Fsp3) is 0.158. The molecule has 0 spiro atoms. The van der Waals surface area contributed by atoms with E-state index in [1.54, 1.807) is 37.6 Å². The number of ether oxygens (including phenoxy) is 1. The highest BCUT2D eigenvalue weighted by Crippen LogP contribution is 2.22. The van der Waals surface area contributed by atoms with Gasteiger partial charge in [0.1, 0.15) is 17.4 Å². The summed E-state index contributed by atoms with van der Waals surface area (Å²) >= 11 is 0. The van der Waals surface area contributed by atoms with Crippen LogP contribution in [-0.4, -0.2) is 41.4 Å². The summed E-state index contributed by atoms with van der Waals surface area (Å²) in [5.74, 6) is 2.50. The van der Waals surface area contributed by atoms with Crippen LogP contribution < -0.4 is 26.0 Å². The lowest BCUT2D eigenvalue weighted by Crippen LogP contribution is -2.32. The molecular formula is C19H21N7O2. The Morgan fingerprint density at radius 2 is 1.71 bits per heavy atom. The molecule has 0 radical (unpaired) electrons. The molecule has 0 aliphatic heterocycles. The van der Waals surface area contributed by atoms with E-state index in [-0.39, 0.29) is 6.03 Å². The summed E-state index contributed by atoms with van der Waals surface area (Å²) in [6.07, 6.45) is 1.70. The maximum atomic E-state index is 12.0. The van der Waals surface area contributed by atoms with Crippen molar-refractivity contribution in [1.29, 1.82) is 0 Å². The SMILES string of the molecule is COc1ccccc1NC(=O)NCCNc1ccc(Nc2ccccn2)nn1. The van der Waals surface area contributed by atoms with Crippen molar-refractivity contribution in [2.75, 3.05) is 36.1 Å². The first-order valence-electron chi connectivity index (χ1n) is 8.68. The Morgan fingerprint density at radius 3 is 2.46 bits per heavy atom. The van der Waals surface area contributed by atoms with Crippen LogP contribution in [0.3, 0.4) is 0 Å². The van der Waals surface area contributed by atoms with Gasteiger partial charge in [-0.3, -0.25) is 0 Å². The number of anilines is 4. The number of hydrogen-bond acceptors (Lipinski definition) is 7. The van der Waals surface area contributed by atoms with Crippen LogP contribution in [0.2, 0.25) is 0 Å². The van der Waals surface area contributed by atoms with E-state index in [9.17, 15) is 4.79 Å². The molecule has 9 heteroatoms. The van der Waals surface area contributed by atoms with Crippen LogP contribution >= 0.6 is 0 Å². The maximum Gasteiger partial charge on any atom is 0.319 e. The summed E-state index contributed by atoms with van der Waals surface area (Å²) in [4.78, 5) is 16.1. The number of benzene rings is 1. The third-order valence-corrected chi connectivity index (χ3v) is 3.66. The van der Waals surface area contributed by atoms with Gasteiger partial charge in [-0.2, -0.15) is 0 Å². The first-order valence-corrected chi connectivity index (χ1v) is 8.68. The van der Waals surface area contributed by atoms with Crippen LogP contribution in [0.5, 0.6) is 5.75 Å². The summed E-state index contributed by atoms with van der Waals surface area (Å²) in [5, 5.41) is 19.8. The number of para-hydroxylation sites is 2. The van der Waals surface area contributed by atoms with Gasteiger partial charge in [-0.05, 0) is 36.4 Å². The van der Waals surface area contributed by atoms with E-state index < -0.39 is 0 Å². The van der Waals surface area contributed by atoms with Crippen molar-refractivity contribution in [1.82, 2.24) is 20.5 Å². The molecule has 0 unspecified atom stereocenters. The van der Waals surface area contributed by atoms with Gasteiger partial charge in [-0.1, -0.05) is 18.2 Å². The van der Waals surface area contributed by atoms with Crippen LogP contribution in [-0.2, 0) is 0 Å². The Balaban J connectivity index is 1.39. The van der Waals surface area contributed by atoms with E-state index >= 15 is 0 Å². The van der Waals surface area contributed by atoms with Gasteiger partial charge < -0.3 is 26.0 Å². The molecule has 0 saturated heterocycles. The molecule has 3 rings (SSSR count). The number of hydrogen-bond donors (Lipinski definition) is 4. The van der Waals surface area contributed by atoms with Crippen molar-refractivity contribution < 1.29 is 9.53 Å². The minimum Gasteiger partial charge on any atom is -0.495 e. The lowest BCUT2D eigenvalue weighted by atomic mass is 10.3. The molecule has 0 saturated carbocycles. The minimum absolute atomic E-state index is 0.313. The van der Waals surface area contributed by atoms with Gasteiger partial charge in [0, 0.05) is 19.3 Å². The molecule has 2 amide bonds. The Hall–Kier alpha value is -3.88. The number of carbonyl (C=O) groups excluding carboxylic acids is 1. The van der Waals surface area contributed by atoms with Gasteiger partial charge in [0.25, 0.3) is 0 Å². The summed E-state index contributed by atoms with van der Waals surface area (Å²) in [7, 11) is 1.56. The second-order valence-corrected chi connectivity index (χ2v) is 5.65. The maximum absolute atomic E-state index is 12.0. The Bertz CT molecular complexity index is 888. The van der Waals surface area contributed by atoms with Crippen molar-refractivity contribution in [2.24, 2.45) is 0 Å². The fourth-order valence-corrected chi connectivity index (χ4v) is 2.34. The van der Waals surface area contributed by atoms with E-state index in [1.807, 2.05) is 30.3 Å². The van der Waals surface area contributed by atoms with Gasteiger partial charge in [0.2, 0.25) is 0 Å². The Kier molecular flexibility index (Phi) is 6.56. The Labute approximate surface area is 162 Å². The van der Waals surface area contributed by atoms with Gasteiger partial charge in [-0.25, -0.2) is 9.78 Å². The molecule has 0 fully saturated rings. The van der Waals surface area contributed by atoms with E-state index in [4.69, 9.17) is 4.74 Å². The summed E-state index contributed by atoms with van der Waals surface area (Å²) in [6, 6.07) is 16.1. The predicted octanol–water partition coefficient (Wildman–Crippen LogP) is 2.86. The lowest BCUT2D eigenvalue weighted by molar-refractivity contribution is 0.252. The molecule has 1 aromatic carbocycles. The molecule has 144 valence electrons. The van der Waals surface area contributed by atoms with Gasteiger partial charge in [0.15, 0.2) is 5.82 Å². The summed E-state index contributed by atoms with van der Waals surface area (Å²) < 4.78 is 5.20. The Morgan fingerprint density at radius 1 is 0.929 bits per heavy atom. The topological polar surface area (TPSA) is 113 Å². The molecule has 4 N–H and O–H groups in total. The summed E-state index contributed by atoms with van der Waals surface area (Å²) in [6.45, 7) is 0.914. The molecule has 0 bridgehead atoms. The molecule has 9 nitrogen and oxygen atoms in total. The molecule has 2 aromatic heterocycles. The highest BCUT2D eigenvalue weighted by atomic mass is 16.5. The largest absolute Gasteiger partial charge is 0.495 e. The second kappa shape index (κ2) is 9.72. The van der Waals surface area contributed by atoms with Crippen molar-refractivity contribution in [2.45, 2.75) is 0 Å². The van der Waals surface area contributed by atoms with Crippen molar-refractivity contribution in [3.8, 4) is 5.75 Å². The first-order chi connectivity index (χ1) is 13.7. The standard InChI is InChI=1S/C19H21N7O2/c1-28-15-7-3-2-6-14(15)23-19(27)22-13-12-21-17-9-10-18(26-25-17)24-16-8-4-5-11-20-16/h2-11H,12-13H2,1H3,(H,21,25)(H,20,24,26)(H2,22,23,27). The highest BCUT2D eigenvalue weighted by molar-refractivity contribution is 5.90. The molecule has 0 aliphatic carbocycles. The number of rotatable bonds is 8. The van der Waals surface area contributed by atoms with Crippen LogP contribution in [0, 0.1) is 0 Å². The number of nitrogens with zero attached hydrogens (tertiary/aromatic N) is 3. The van der Waals surface area contributed by atoms with Crippen LogP contribution in [0.1, 0.15) is 0 Å². The quantitative estimate of drug-likeness (QED) is 0.445. The normalized spacial score (nSPS) is 10.0. The lowest BCUT2D eigenvalue weighted by Gasteiger charge is -2.11. The third-order valence-electron chi connectivity index (χ3n) is 3.66. The van der Waals surface area contributed by atoms with Gasteiger partial charge in [-0.15, -0.1) is 10.2 Å². The smallest absolute Gasteiger partial charge is 0.319 e. The molecular weight excluding hydrogens is 358 g/mol. The third kappa shape index (κ3) is 5.56. The van der Waals surface area contributed by atoms with E-state index in [2.05, 4.69) is 36.4 Å². The van der Waals surface area contributed by atoms with Crippen molar-refractivity contribution in [3.05, 3.63) is 60.8 Å². The first kappa shape index (κ1) is 18.9. The monoisotopic (exact) mass is 379 g/mol. The second-order valence-electron chi connectivity index (χ2n) is 5.65. The number of urea groups is 1. The predicted molar refractivity (Wildman–Crippen MR) is 108 cm³/mol. The minimum atomic E-state index is -0.313. The van der Waals surface area contributed by atoms with Crippen LogP contribution in [0.25, 0.3) is 0 Å². The number of amides is 2. The molecule has 0 atom stereocenters. The number of methoxy groups -OCH3 is 1.